The second kappa shape index (κ2) is 5.77. The van der Waals surface area contributed by atoms with Crippen LogP contribution in [0.5, 0.6) is 0 Å². The molecule has 0 spiro atoms. The molecule has 1 heterocycles. The van der Waals surface area contributed by atoms with Crippen LogP contribution >= 0.6 is 0 Å². The number of nitrogens with two attached hydrogens (primary N) is 1. The summed E-state index contributed by atoms with van der Waals surface area (Å²) in [5, 5.41) is 2.96. The SMILES string of the molecule is COC(=O)c1cc(C(=O)NC2CCCCC2)c(N)[nH]1. The first kappa shape index (κ1) is 13.5. The third-order valence-electron chi connectivity index (χ3n) is 3.44. The van der Waals surface area contributed by atoms with Crippen molar-refractivity contribution in [3.05, 3.63) is 17.3 Å². The van der Waals surface area contributed by atoms with Crippen LogP contribution in [0, 0.1) is 0 Å². The highest BCUT2D eigenvalue weighted by Crippen LogP contribution is 2.19. The number of methoxy groups -OCH3 is 1. The maximum absolute atomic E-state index is 12.1. The van der Waals surface area contributed by atoms with E-state index in [4.69, 9.17) is 5.73 Å². The monoisotopic (exact) mass is 265 g/mol. The molecule has 1 aromatic heterocycles. The predicted molar refractivity (Wildman–Crippen MR) is 70.9 cm³/mol. The Balaban J connectivity index is 2.06. The molecule has 6 nitrogen and oxygen atoms in total. The molecule has 0 bridgehead atoms. The molecule has 0 atom stereocenters. The largest absolute Gasteiger partial charge is 0.464 e. The van der Waals surface area contributed by atoms with E-state index in [1.165, 1.54) is 19.6 Å². The van der Waals surface area contributed by atoms with Gasteiger partial charge < -0.3 is 20.8 Å². The predicted octanol–water partition coefficient (Wildman–Crippen LogP) is 1.45. The second-order valence-corrected chi connectivity index (χ2v) is 4.81. The topological polar surface area (TPSA) is 97.2 Å². The molecule has 0 aliphatic heterocycles. The number of amides is 1. The van der Waals surface area contributed by atoms with Crippen molar-refractivity contribution in [1.29, 1.82) is 0 Å². The lowest BCUT2D eigenvalue weighted by molar-refractivity contribution is 0.0595. The zero-order valence-electron chi connectivity index (χ0n) is 11.0. The summed E-state index contributed by atoms with van der Waals surface area (Å²) in [4.78, 5) is 26.1. The molecule has 1 fully saturated rings. The fraction of sp³-hybridized carbons (Fsp3) is 0.538. The summed E-state index contributed by atoms with van der Waals surface area (Å²) in [6.45, 7) is 0. The molecule has 19 heavy (non-hydrogen) atoms. The highest BCUT2D eigenvalue weighted by Gasteiger charge is 2.21. The lowest BCUT2D eigenvalue weighted by Gasteiger charge is -2.22. The van der Waals surface area contributed by atoms with Gasteiger partial charge in [-0.1, -0.05) is 19.3 Å². The molecule has 1 aliphatic carbocycles. The quantitative estimate of drug-likeness (QED) is 0.720. The number of hydrogen-bond acceptors (Lipinski definition) is 4. The zero-order chi connectivity index (χ0) is 13.8. The van der Waals surface area contributed by atoms with Crippen LogP contribution < -0.4 is 11.1 Å². The van der Waals surface area contributed by atoms with Gasteiger partial charge in [0.2, 0.25) is 0 Å². The number of H-pyrrole nitrogens is 1. The number of esters is 1. The van der Waals surface area contributed by atoms with Gasteiger partial charge in [0.15, 0.2) is 0 Å². The van der Waals surface area contributed by atoms with E-state index in [1.807, 2.05) is 0 Å². The van der Waals surface area contributed by atoms with Gasteiger partial charge in [0.25, 0.3) is 5.91 Å². The lowest BCUT2D eigenvalue weighted by atomic mass is 9.95. The Morgan fingerprint density at radius 1 is 1.37 bits per heavy atom. The van der Waals surface area contributed by atoms with Crippen LogP contribution in [-0.4, -0.2) is 30.0 Å². The fourth-order valence-electron chi connectivity index (χ4n) is 2.39. The first-order chi connectivity index (χ1) is 9.11. The number of carbonyl (C=O) groups is 2. The maximum atomic E-state index is 12.1. The Kier molecular flexibility index (Phi) is 4.09. The summed E-state index contributed by atoms with van der Waals surface area (Å²) in [6.07, 6.45) is 5.51. The number of ether oxygens (including phenoxy) is 1. The van der Waals surface area contributed by atoms with Crippen molar-refractivity contribution in [3.63, 3.8) is 0 Å². The molecule has 104 valence electrons. The molecular weight excluding hydrogens is 246 g/mol. The Morgan fingerprint density at radius 3 is 2.68 bits per heavy atom. The Labute approximate surface area is 111 Å². The third-order valence-corrected chi connectivity index (χ3v) is 3.44. The fourth-order valence-corrected chi connectivity index (χ4v) is 2.39. The van der Waals surface area contributed by atoms with Gasteiger partial charge in [0, 0.05) is 6.04 Å². The van der Waals surface area contributed by atoms with Crippen molar-refractivity contribution in [2.24, 2.45) is 0 Å². The number of rotatable bonds is 3. The molecule has 1 amide bonds. The average molecular weight is 265 g/mol. The van der Waals surface area contributed by atoms with Crippen LogP contribution in [0.15, 0.2) is 6.07 Å². The van der Waals surface area contributed by atoms with Gasteiger partial charge >= 0.3 is 5.97 Å². The highest BCUT2D eigenvalue weighted by molar-refractivity contribution is 6.01. The van der Waals surface area contributed by atoms with Crippen molar-refractivity contribution >= 4 is 17.7 Å². The van der Waals surface area contributed by atoms with Gasteiger partial charge in [-0.3, -0.25) is 4.79 Å². The first-order valence-electron chi connectivity index (χ1n) is 6.49. The van der Waals surface area contributed by atoms with Gasteiger partial charge in [-0.2, -0.15) is 0 Å². The Morgan fingerprint density at radius 2 is 2.05 bits per heavy atom. The number of nitrogens with one attached hydrogen (secondary N) is 2. The van der Waals surface area contributed by atoms with Crippen molar-refractivity contribution in [1.82, 2.24) is 10.3 Å². The molecule has 0 radical (unpaired) electrons. The van der Waals surface area contributed by atoms with Gasteiger partial charge in [-0.05, 0) is 18.9 Å². The normalized spacial score (nSPS) is 16.1. The molecule has 1 aromatic rings. The molecule has 1 saturated carbocycles. The van der Waals surface area contributed by atoms with Gasteiger partial charge in [0.1, 0.15) is 11.5 Å². The molecule has 0 unspecified atom stereocenters. The van der Waals surface area contributed by atoms with Crippen LogP contribution in [0.1, 0.15) is 53.0 Å². The smallest absolute Gasteiger partial charge is 0.354 e. The van der Waals surface area contributed by atoms with E-state index >= 15 is 0 Å². The standard InChI is InChI=1S/C13H19N3O3/c1-19-13(18)10-7-9(11(14)16-10)12(17)15-8-5-3-2-4-6-8/h7-8,16H,2-6,14H2,1H3,(H,15,17). The van der Waals surface area contributed by atoms with Gasteiger partial charge in [0.05, 0.1) is 12.7 Å². The van der Waals surface area contributed by atoms with E-state index in [2.05, 4.69) is 15.0 Å². The van der Waals surface area contributed by atoms with Crippen molar-refractivity contribution < 1.29 is 14.3 Å². The van der Waals surface area contributed by atoms with E-state index in [1.54, 1.807) is 0 Å². The Hall–Kier alpha value is -1.98. The van der Waals surface area contributed by atoms with E-state index < -0.39 is 5.97 Å². The number of aromatic nitrogens is 1. The average Bonchev–Trinajstić information content (AvgIpc) is 2.81. The van der Waals surface area contributed by atoms with E-state index in [9.17, 15) is 9.59 Å². The summed E-state index contributed by atoms with van der Waals surface area (Å²) in [5.41, 5.74) is 6.20. The van der Waals surface area contributed by atoms with E-state index in [-0.39, 0.29) is 23.5 Å². The highest BCUT2D eigenvalue weighted by atomic mass is 16.5. The molecule has 1 aliphatic rings. The number of anilines is 1. The van der Waals surface area contributed by atoms with Gasteiger partial charge in [-0.15, -0.1) is 0 Å². The minimum Gasteiger partial charge on any atom is -0.464 e. The van der Waals surface area contributed by atoms with Crippen molar-refractivity contribution in [3.8, 4) is 0 Å². The molecular formula is C13H19N3O3. The van der Waals surface area contributed by atoms with Crippen molar-refractivity contribution in [2.75, 3.05) is 12.8 Å². The molecule has 2 rings (SSSR count). The number of nitrogen functional groups attached to an aromatic ring is 1. The van der Waals surface area contributed by atoms with E-state index in [0.29, 0.717) is 5.56 Å². The summed E-state index contributed by atoms with van der Waals surface area (Å²) < 4.78 is 4.58. The van der Waals surface area contributed by atoms with Crippen LogP contribution in [0.2, 0.25) is 0 Å². The van der Waals surface area contributed by atoms with Crippen LogP contribution in [0.25, 0.3) is 0 Å². The summed E-state index contributed by atoms with van der Waals surface area (Å²) in [5.74, 6) is -0.590. The summed E-state index contributed by atoms with van der Waals surface area (Å²) in [6, 6.07) is 1.64. The van der Waals surface area contributed by atoms with Gasteiger partial charge in [-0.25, -0.2) is 4.79 Å². The maximum Gasteiger partial charge on any atom is 0.354 e. The van der Waals surface area contributed by atoms with Crippen LogP contribution in [-0.2, 0) is 4.74 Å². The lowest BCUT2D eigenvalue weighted by Crippen LogP contribution is -2.36. The minimum atomic E-state index is -0.539. The molecule has 6 heteroatoms. The van der Waals surface area contributed by atoms with Crippen molar-refractivity contribution in [2.45, 2.75) is 38.1 Å². The molecule has 0 aromatic carbocycles. The number of hydrogen-bond donors (Lipinski definition) is 3. The molecule has 4 N–H and O–H groups in total. The first-order valence-corrected chi connectivity index (χ1v) is 6.49. The number of aromatic amines is 1. The van der Waals surface area contributed by atoms with Crippen LogP contribution in [0.3, 0.4) is 0 Å². The van der Waals surface area contributed by atoms with Crippen LogP contribution in [0.4, 0.5) is 5.82 Å². The summed E-state index contributed by atoms with van der Waals surface area (Å²) in [7, 11) is 1.28. The molecule has 0 saturated heterocycles. The second-order valence-electron chi connectivity index (χ2n) is 4.81. The van der Waals surface area contributed by atoms with E-state index in [0.717, 1.165) is 25.7 Å². The summed E-state index contributed by atoms with van der Waals surface area (Å²) >= 11 is 0. The third kappa shape index (κ3) is 3.07. The number of carbonyl (C=O) groups excluding carboxylic acids is 2. The Bertz CT molecular complexity index is 475. The minimum absolute atomic E-state index is 0.189. The zero-order valence-corrected chi connectivity index (χ0v) is 11.0.